The number of quaternary nitrogens is 1. The smallest absolute Gasteiger partial charge is 0.279 e. The molecule has 1 aromatic heterocycles. The van der Waals surface area contributed by atoms with Gasteiger partial charge in [-0.3, -0.25) is 9.59 Å². The highest BCUT2D eigenvalue weighted by Crippen LogP contribution is 2.18. The Morgan fingerprint density at radius 3 is 1.74 bits per heavy atom. The normalized spacial score (nSPS) is 10.9. The highest BCUT2D eigenvalue weighted by Gasteiger charge is 2.21. The van der Waals surface area contributed by atoms with E-state index in [9.17, 15) is 9.59 Å². The molecule has 0 aliphatic carbocycles. The lowest BCUT2D eigenvalue weighted by atomic mass is 10.1. The van der Waals surface area contributed by atoms with Gasteiger partial charge in [0.25, 0.3) is 11.8 Å². The largest absolute Gasteiger partial charge is 0.463 e. The number of rotatable bonds is 8. The summed E-state index contributed by atoms with van der Waals surface area (Å²) in [6, 6.07) is 15.3. The van der Waals surface area contributed by atoms with E-state index in [0.717, 1.165) is 44.3 Å². The summed E-state index contributed by atoms with van der Waals surface area (Å²) in [6.07, 6.45) is 1.60. The minimum absolute atomic E-state index is 0.144. The van der Waals surface area contributed by atoms with Gasteiger partial charge in [0.2, 0.25) is 0 Å². The van der Waals surface area contributed by atoms with E-state index in [1.165, 1.54) is 0 Å². The summed E-state index contributed by atoms with van der Waals surface area (Å²) < 4.78 is 5.45. The Morgan fingerprint density at radius 2 is 1.29 bits per heavy atom. The number of carbonyl (C=O) groups excluding carboxylic acids is 2. The van der Waals surface area contributed by atoms with Crippen molar-refractivity contribution < 1.29 is 18.9 Å². The van der Waals surface area contributed by atoms with Crippen molar-refractivity contribution in [3.05, 3.63) is 82.8 Å². The van der Waals surface area contributed by atoms with Gasteiger partial charge in [0.05, 0.1) is 6.26 Å². The predicted molar refractivity (Wildman–Crippen MR) is 122 cm³/mol. The fourth-order valence-corrected chi connectivity index (χ4v) is 3.46. The molecule has 162 valence electrons. The lowest BCUT2D eigenvalue weighted by Gasteiger charge is -2.19. The van der Waals surface area contributed by atoms with Gasteiger partial charge in [-0.2, -0.15) is 0 Å². The lowest BCUT2D eigenvalue weighted by Crippen LogP contribution is -3.12. The summed E-state index contributed by atoms with van der Waals surface area (Å²) in [4.78, 5) is 26.3. The quantitative estimate of drug-likeness (QED) is 0.524. The Hall–Kier alpha value is -3.38. The fraction of sp³-hybridized carbons (Fsp3) is 0.280. The molecular weight excluding hydrogens is 390 g/mol. The number of furan rings is 1. The van der Waals surface area contributed by atoms with Crippen LogP contribution in [0.3, 0.4) is 0 Å². The second-order valence-electron chi connectivity index (χ2n) is 7.95. The molecule has 3 rings (SSSR count). The van der Waals surface area contributed by atoms with Gasteiger partial charge in [-0.15, -0.1) is 0 Å². The van der Waals surface area contributed by atoms with Gasteiger partial charge in [-0.1, -0.05) is 24.3 Å². The van der Waals surface area contributed by atoms with Crippen molar-refractivity contribution in [2.75, 3.05) is 23.7 Å². The molecule has 2 aromatic carbocycles. The Kier molecular flexibility index (Phi) is 7.26. The molecule has 6 nitrogen and oxygen atoms in total. The van der Waals surface area contributed by atoms with Crippen LogP contribution >= 0.6 is 0 Å². The van der Waals surface area contributed by atoms with Crippen LogP contribution < -0.4 is 15.5 Å². The van der Waals surface area contributed by atoms with E-state index < -0.39 is 0 Å². The summed E-state index contributed by atoms with van der Waals surface area (Å²) in [5, 5.41) is 5.96. The van der Waals surface area contributed by atoms with Gasteiger partial charge >= 0.3 is 0 Å². The second-order valence-corrected chi connectivity index (χ2v) is 7.95. The molecule has 0 spiro atoms. The van der Waals surface area contributed by atoms with Crippen LogP contribution in [0.1, 0.15) is 28.0 Å². The third-order valence-electron chi connectivity index (χ3n) is 5.58. The fourth-order valence-electron chi connectivity index (χ4n) is 3.46. The maximum Gasteiger partial charge on any atom is 0.279 e. The number of benzene rings is 2. The SMILES string of the molecule is Cc1cccc(NC(=O)C[NH+](CC(=O)Nc2cccc(C)c2C)Cc2ccco2)c1C. The third kappa shape index (κ3) is 6.06. The lowest BCUT2D eigenvalue weighted by molar-refractivity contribution is -0.898. The van der Waals surface area contributed by atoms with Crippen LogP contribution in [-0.4, -0.2) is 24.9 Å². The van der Waals surface area contributed by atoms with E-state index in [1.807, 2.05) is 70.2 Å². The summed E-state index contributed by atoms with van der Waals surface area (Å²) in [5.41, 5.74) is 5.90. The number of carbonyl (C=O) groups is 2. The number of hydrogen-bond acceptors (Lipinski definition) is 3. The van der Waals surface area contributed by atoms with E-state index in [-0.39, 0.29) is 24.9 Å². The molecule has 6 heteroatoms. The average molecular weight is 421 g/mol. The molecule has 0 radical (unpaired) electrons. The first-order valence-corrected chi connectivity index (χ1v) is 10.4. The van der Waals surface area contributed by atoms with Crippen molar-refractivity contribution in [1.29, 1.82) is 0 Å². The van der Waals surface area contributed by atoms with Crippen molar-refractivity contribution in [2.45, 2.75) is 34.2 Å². The monoisotopic (exact) mass is 420 g/mol. The zero-order valence-corrected chi connectivity index (χ0v) is 18.5. The zero-order chi connectivity index (χ0) is 22.4. The number of aryl methyl sites for hydroxylation is 2. The van der Waals surface area contributed by atoms with E-state index in [1.54, 1.807) is 12.3 Å². The number of nitrogens with one attached hydrogen (secondary N) is 3. The maximum absolute atomic E-state index is 12.8. The Balaban J connectivity index is 1.68. The summed E-state index contributed by atoms with van der Waals surface area (Å²) >= 11 is 0. The van der Waals surface area contributed by atoms with Gasteiger partial charge in [-0.05, 0) is 74.2 Å². The first-order chi connectivity index (χ1) is 14.8. The molecule has 0 bridgehead atoms. The number of amides is 2. The maximum atomic E-state index is 12.8. The first kappa shape index (κ1) is 22.3. The van der Waals surface area contributed by atoms with Crippen LogP contribution in [0.25, 0.3) is 0 Å². The first-order valence-electron chi connectivity index (χ1n) is 10.4. The van der Waals surface area contributed by atoms with Gasteiger partial charge < -0.3 is 20.0 Å². The van der Waals surface area contributed by atoms with Crippen LogP contribution in [-0.2, 0) is 16.1 Å². The van der Waals surface area contributed by atoms with E-state index >= 15 is 0 Å². The van der Waals surface area contributed by atoms with Crippen molar-refractivity contribution in [1.82, 2.24) is 0 Å². The summed E-state index contributed by atoms with van der Waals surface area (Å²) in [6.45, 7) is 8.72. The van der Waals surface area contributed by atoms with Crippen molar-refractivity contribution in [2.24, 2.45) is 0 Å². The van der Waals surface area contributed by atoms with E-state index in [2.05, 4.69) is 10.6 Å². The minimum Gasteiger partial charge on any atom is -0.463 e. The van der Waals surface area contributed by atoms with Crippen LogP contribution in [0.5, 0.6) is 0 Å². The standard InChI is InChI=1S/C25H29N3O3/c1-17-8-5-11-22(19(17)3)26-24(29)15-28(14-21-10-7-13-31-21)16-25(30)27-23-12-6-9-18(2)20(23)4/h5-13H,14-16H2,1-4H3,(H,26,29)(H,27,30)/p+1. The van der Waals surface area contributed by atoms with Crippen LogP contribution in [0.15, 0.2) is 59.2 Å². The molecule has 3 aromatic rings. The Bertz CT molecular complexity index is 990. The third-order valence-corrected chi connectivity index (χ3v) is 5.58. The van der Waals surface area contributed by atoms with E-state index in [4.69, 9.17) is 4.42 Å². The molecule has 0 unspecified atom stereocenters. The van der Waals surface area contributed by atoms with Crippen LogP contribution in [0, 0.1) is 27.7 Å². The van der Waals surface area contributed by atoms with Gasteiger partial charge in [0.15, 0.2) is 18.8 Å². The van der Waals surface area contributed by atoms with Gasteiger partial charge in [0, 0.05) is 11.4 Å². The topological polar surface area (TPSA) is 75.8 Å². The van der Waals surface area contributed by atoms with Crippen molar-refractivity contribution in [3.8, 4) is 0 Å². The van der Waals surface area contributed by atoms with Crippen molar-refractivity contribution >= 4 is 23.2 Å². The van der Waals surface area contributed by atoms with Crippen LogP contribution in [0.4, 0.5) is 11.4 Å². The molecular formula is C25H30N3O3+. The molecule has 1 heterocycles. The molecule has 0 aliphatic rings. The Morgan fingerprint density at radius 1 is 0.774 bits per heavy atom. The number of anilines is 2. The van der Waals surface area contributed by atoms with Gasteiger partial charge in [-0.25, -0.2) is 0 Å². The molecule has 3 N–H and O–H groups in total. The summed E-state index contributed by atoms with van der Waals surface area (Å²) in [7, 11) is 0. The molecule has 2 amide bonds. The molecule has 0 aliphatic heterocycles. The number of hydrogen-bond donors (Lipinski definition) is 3. The molecule has 0 fully saturated rings. The van der Waals surface area contributed by atoms with Crippen molar-refractivity contribution in [3.63, 3.8) is 0 Å². The molecule has 0 atom stereocenters. The van der Waals surface area contributed by atoms with E-state index in [0.29, 0.717) is 6.54 Å². The summed E-state index contributed by atoms with van der Waals surface area (Å²) in [5.74, 6) is 0.443. The highest BCUT2D eigenvalue weighted by atomic mass is 16.3. The average Bonchev–Trinajstić information content (AvgIpc) is 3.22. The Labute approximate surface area is 183 Å². The molecule has 31 heavy (non-hydrogen) atoms. The predicted octanol–water partition coefficient (Wildman–Crippen LogP) is 3.18. The zero-order valence-electron chi connectivity index (χ0n) is 18.5. The van der Waals surface area contributed by atoms with Gasteiger partial charge in [0.1, 0.15) is 6.54 Å². The minimum atomic E-state index is -0.144. The van der Waals surface area contributed by atoms with Crippen LogP contribution in [0.2, 0.25) is 0 Å². The molecule has 0 saturated carbocycles. The molecule has 0 saturated heterocycles. The highest BCUT2D eigenvalue weighted by molar-refractivity contribution is 5.94. The second kappa shape index (κ2) is 10.1.